The van der Waals surface area contributed by atoms with Gasteiger partial charge in [-0.15, -0.1) is 12.4 Å². The number of hydrogen-bond donors (Lipinski definition) is 2. The first-order chi connectivity index (χ1) is 7.25. The monoisotopic (exact) mass is 242 g/mol. The molecule has 2 rings (SSSR count). The lowest BCUT2D eigenvalue weighted by Gasteiger charge is -2.10. The molecule has 0 radical (unpaired) electrons. The van der Waals surface area contributed by atoms with Crippen molar-refractivity contribution >= 4 is 24.0 Å². The molecule has 1 unspecified atom stereocenters. The van der Waals surface area contributed by atoms with Gasteiger partial charge in [-0.1, -0.05) is 0 Å². The molecule has 1 aromatic rings. The predicted octanol–water partition coefficient (Wildman–Crippen LogP) is 0.897. The van der Waals surface area contributed by atoms with Gasteiger partial charge >= 0.3 is 0 Å². The summed E-state index contributed by atoms with van der Waals surface area (Å²) in [6, 6.07) is -0.0636. The number of halogens is 1. The minimum Gasteiger partial charge on any atom is -0.322 e. The van der Waals surface area contributed by atoms with E-state index in [9.17, 15) is 4.79 Å². The van der Waals surface area contributed by atoms with E-state index in [1.54, 1.807) is 12.4 Å². The van der Waals surface area contributed by atoms with E-state index < -0.39 is 0 Å². The second kappa shape index (κ2) is 5.77. The largest absolute Gasteiger partial charge is 0.322 e. The summed E-state index contributed by atoms with van der Waals surface area (Å²) in [7, 11) is 0. The van der Waals surface area contributed by atoms with Crippen LogP contribution < -0.4 is 10.6 Å². The van der Waals surface area contributed by atoms with Gasteiger partial charge in [0.2, 0.25) is 5.91 Å². The second-order valence-electron chi connectivity index (χ2n) is 3.66. The fourth-order valence-electron chi connectivity index (χ4n) is 1.59. The Hall–Kier alpha value is -1.20. The summed E-state index contributed by atoms with van der Waals surface area (Å²) in [6.45, 7) is 2.73. The van der Waals surface area contributed by atoms with E-state index in [1.165, 1.54) is 0 Å². The molecule has 88 valence electrons. The van der Waals surface area contributed by atoms with E-state index in [4.69, 9.17) is 0 Å². The SMILES string of the molecule is Cc1ncc(NC(=O)C2CCCN2)cn1.Cl. The lowest BCUT2D eigenvalue weighted by molar-refractivity contribution is -0.117. The van der Waals surface area contributed by atoms with Crippen molar-refractivity contribution in [2.45, 2.75) is 25.8 Å². The van der Waals surface area contributed by atoms with Crippen LogP contribution in [0.2, 0.25) is 0 Å². The number of hydrogen-bond acceptors (Lipinski definition) is 4. The summed E-state index contributed by atoms with van der Waals surface area (Å²) in [5, 5.41) is 5.92. The van der Waals surface area contributed by atoms with Gasteiger partial charge in [-0.2, -0.15) is 0 Å². The number of rotatable bonds is 2. The zero-order valence-electron chi connectivity index (χ0n) is 9.06. The number of amides is 1. The number of carbonyl (C=O) groups excluding carboxylic acids is 1. The molecule has 1 amide bonds. The zero-order chi connectivity index (χ0) is 10.7. The first-order valence-corrected chi connectivity index (χ1v) is 5.08. The molecule has 0 aromatic carbocycles. The predicted molar refractivity (Wildman–Crippen MR) is 63.7 cm³/mol. The lowest BCUT2D eigenvalue weighted by atomic mass is 10.2. The molecule has 1 aliphatic rings. The second-order valence-corrected chi connectivity index (χ2v) is 3.66. The third-order valence-corrected chi connectivity index (χ3v) is 2.43. The van der Waals surface area contributed by atoms with Crippen molar-refractivity contribution in [3.05, 3.63) is 18.2 Å². The van der Waals surface area contributed by atoms with E-state index in [0.717, 1.165) is 19.4 Å². The fraction of sp³-hybridized carbons (Fsp3) is 0.500. The highest BCUT2D eigenvalue weighted by Gasteiger charge is 2.21. The van der Waals surface area contributed by atoms with Crippen LogP contribution in [0.4, 0.5) is 5.69 Å². The van der Waals surface area contributed by atoms with Crippen LogP contribution >= 0.6 is 12.4 Å². The maximum absolute atomic E-state index is 11.7. The van der Waals surface area contributed by atoms with Crippen molar-refractivity contribution in [2.75, 3.05) is 11.9 Å². The molecule has 5 nitrogen and oxygen atoms in total. The first kappa shape index (κ1) is 12.9. The van der Waals surface area contributed by atoms with Crippen molar-refractivity contribution in [3.8, 4) is 0 Å². The Morgan fingerprint density at radius 3 is 2.75 bits per heavy atom. The molecule has 2 heterocycles. The van der Waals surface area contributed by atoms with Crippen molar-refractivity contribution < 1.29 is 4.79 Å². The van der Waals surface area contributed by atoms with Gasteiger partial charge in [-0.25, -0.2) is 9.97 Å². The summed E-state index contributed by atoms with van der Waals surface area (Å²) in [6.07, 6.45) is 5.20. The molecule has 0 bridgehead atoms. The molecular formula is C10H15ClN4O. The van der Waals surface area contributed by atoms with Crippen molar-refractivity contribution in [1.82, 2.24) is 15.3 Å². The zero-order valence-corrected chi connectivity index (χ0v) is 9.88. The molecule has 1 saturated heterocycles. The van der Waals surface area contributed by atoms with Crippen LogP contribution in [0, 0.1) is 6.92 Å². The molecular weight excluding hydrogens is 228 g/mol. The van der Waals surface area contributed by atoms with Crippen molar-refractivity contribution in [3.63, 3.8) is 0 Å². The molecule has 1 aliphatic heterocycles. The Balaban J connectivity index is 0.00000128. The van der Waals surface area contributed by atoms with E-state index >= 15 is 0 Å². The Morgan fingerprint density at radius 2 is 2.19 bits per heavy atom. The molecule has 1 atom stereocenters. The molecule has 16 heavy (non-hydrogen) atoms. The first-order valence-electron chi connectivity index (χ1n) is 5.08. The van der Waals surface area contributed by atoms with Gasteiger partial charge < -0.3 is 10.6 Å². The molecule has 1 aromatic heterocycles. The number of aromatic nitrogens is 2. The molecule has 0 spiro atoms. The van der Waals surface area contributed by atoms with Crippen LogP contribution in [0.1, 0.15) is 18.7 Å². The van der Waals surface area contributed by atoms with Crippen LogP contribution in [0.25, 0.3) is 0 Å². The molecule has 6 heteroatoms. The van der Waals surface area contributed by atoms with Crippen molar-refractivity contribution in [2.24, 2.45) is 0 Å². The van der Waals surface area contributed by atoms with Gasteiger partial charge in [0.25, 0.3) is 0 Å². The van der Waals surface area contributed by atoms with Crippen LogP contribution in [-0.2, 0) is 4.79 Å². The third-order valence-electron chi connectivity index (χ3n) is 2.43. The lowest BCUT2D eigenvalue weighted by Crippen LogP contribution is -2.35. The quantitative estimate of drug-likeness (QED) is 0.809. The van der Waals surface area contributed by atoms with Gasteiger partial charge in [0.1, 0.15) is 5.82 Å². The minimum absolute atomic E-state index is 0. The van der Waals surface area contributed by atoms with Gasteiger partial charge in [-0.05, 0) is 26.3 Å². The Kier molecular flexibility index (Phi) is 4.64. The van der Waals surface area contributed by atoms with E-state index in [2.05, 4.69) is 20.6 Å². The smallest absolute Gasteiger partial charge is 0.241 e. The maximum atomic E-state index is 11.7. The molecule has 1 fully saturated rings. The third kappa shape index (κ3) is 3.15. The molecule has 0 aliphatic carbocycles. The van der Waals surface area contributed by atoms with E-state index in [-0.39, 0.29) is 24.4 Å². The van der Waals surface area contributed by atoms with Crippen LogP contribution in [0.3, 0.4) is 0 Å². The average molecular weight is 243 g/mol. The normalized spacial score (nSPS) is 18.9. The highest BCUT2D eigenvalue weighted by molar-refractivity contribution is 5.94. The Labute approximate surface area is 100 Å². The minimum atomic E-state index is -0.0636. The average Bonchev–Trinajstić information content (AvgIpc) is 2.74. The van der Waals surface area contributed by atoms with Crippen molar-refractivity contribution in [1.29, 1.82) is 0 Å². The van der Waals surface area contributed by atoms with Gasteiger partial charge in [0, 0.05) is 0 Å². The maximum Gasteiger partial charge on any atom is 0.241 e. The summed E-state index contributed by atoms with van der Waals surface area (Å²) >= 11 is 0. The summed E-state index contributed by atoms with van der Waals surface area (Å²) in [4.78, 5) is 19.7. The number of nitrogens with one attached hydrogen (secondary N) is 2. The number of aryl methyl sites for hydroxylation is 1. The highest BCUT2D eigenvalue weighted by Crippen LogP contribution is 2.09. The Bertz CT molecular complexity index is 348. The van der Waals surface area contributed by atoms with Gasteiger partial charge in [-0.3, -0.25) is 4.79 Å². The summed E-state index contributed by atoms with van der Waals surface area (Å²) in [5.41, 5.74) is 0.652. The topological polar surface area (TPSA) is 66.9 Å². The van der Waals surface area contributed by atoms with E-state index in [0.29, 0.717) is 11.5 Å². The number of anilines is 1. The van der Waals surface area contributed by atoms with E-state index in [1.807, 2.05) is 6.92 Å². The summed E-state index contributed by atoms with van der Waals surface area (Å²) < 4.78 is 0. The highest BCUT2D eigenvalue weighted by atomic mass is 35.5. The summed E-state index contributed by atoms with van der Waals surface area (Å²) in [5.74, 6) is 0.701. The van der Waals surface area contributed by atoms with Crippen LogP contribution in [0.5, 0.6) is 0 Å². The van der Waals surface area contributed by atoms with Gasteiger partial charge in [0.15, 0.2) is 0 Å². The fourth-order valence-corrected chi connectivity index (χ4v) is 1.59. The van der Waals surface area contributed by atoms with Crippen LogP contribution in [-0.4, -0.2) is 28.5 Å². The molecule has 0 saturated carbocycles. The van der Waals surface area contributed by atoms with Crippen LogP contribution in [0.15, 0.2) is 12.4 Å². The van der Waals surface area contributed by atoms with Gasteiger partial charge in [0.05, 0.1) is 24.1 Å². The molecule has 2 N–H and O–H groups in total. The standard InChI is InChI=1S/C10H14N4O.ClH/c1-7-12-5-8(6-13-7)14-10(15)9-3-2-4-11-9;/h5-6,9,11H,2-4H2,1H3,(H,14,15);1H. The number of carbonyl (C=O) groups is 1. The Morgan fingerprint density at radius 1 is 1.50 bits per heavy atom. The number of nitrogens with zero attached hydrogens (tertiary/aromatic N) is 2.